The molecule has 2 N–H and O–H groups in total. The summed E-state index contributed by atoms with van der Waals surface area (Å²) in [5.41, 5.74) is 5.47. The van der Waals surface area contributed by atoms with E-state index in [0.29, 0.717) is 4.32 Å². The monoisotopic (exact) mass is 275 g/mol. The summed E-state index contributed by atoms with van der Waals surface area (Å²) in [6, 6.07) is 0. The van der Waals surface area contributed by atoms with Crippen molar-refractivity contribution in [3.05, 3.63) is 0 Å². The average molecular weight is 276 g/mol. The number of unbranched alkanes of at least 4 members (excludes halogenated alkanes) is 7. The quantitative estimate of drug-likeness (QED) is 0.418. The molecule has 1 unspecified atom stereocenters. The first kappa shape index (κ1) is 17.2. The van der Waals surface area contributed by atoms with Gasteiger partial charge in [-0.05, 0) is 12.3 Å². The number of thiocarbonyl (C=S) groups is 1. The van der Waals surface area contributed by atoms with Crippen molar-refractivity contribution in [3.63, 3.8) is 0 Å². The lowest BCUT2D eigenvalue weighted by molar-refractivity contribution is 0.513. The maximum absolute atomic E-state index is 5.47. The van der Waals surface area contributed by atoms with Crippen LogP contribution in [0.4, 0.5) is 0 Å². The molecule has 0 saturated carbocycles. The third-order valence-corrected chi connectivity index (χ3v) is 4.43. The van der Waals surface area contributed by atoms with Crippen molar-refractivity contribution in [2.45, 2.75) is 71.6 Å². The van der Waals surface area contributed by atoms with Gasteiger partial charge in [0.15, 0.2) is 0 Å². The van der Waals surface area contributed by atoms with Crippen LogP contribution in [0.15, 0.2) is 0 Å². The Morgan fingerprint density at radius 3 is 2.12 bits per heavy atom. The number of hydrogen-bond donors (Lipinski definition) is 1. The summed E-state index contributed by atoms with van der Waals surface area (Å²) in [7, 11) is 0. The molecule has 1 nitrogen and oxygen atoms in total. The predicted molar refractivity (Wildman–Crippen MR) is 85.6 cm³/mol. The number of nitrogens with two attached hydrogens (primary N) is 1. The Hall–Kier alpha value is 0.240. The van der Waals surface area contributed by atoms with Crippen molar-refractivity contribution >= 4 is 28.3 Å². The van der Waals surface area contributed by atoms with Gasteiger partial charge in [-0.15, -0.1) is 0 Å². The van der Waals surface area contributed by atoms with E-state index in [1.807, 2.05) is 0 Å². The van der Waals surface area contributed by atoms with Crippen molar-refractivity contribution in [2.75, 3.05) is 5.75 Å². The van der Waals surface area contributed by atoms with Crippen molar-refractivity contribution in [3.8, 4) is 0 Å². The minimum atomic E-state index is 0.591. The molecule has 0 spiro atoms. The molecular weight excluding hydrogens is 246 g/mol. The fourth-order valence-electron chi connectivity index (χ4n) is 1.93. The average Bonchev–Trinajstić information content (AvgIpc) is 2.30. The molecule has 1 atom stereocenters. The zero-order valence-corrected chi connectivity index (χ0v) is 13.2. The summed E-state index contributed by atoms with van der Waals surface area (Å²) in [5, 5.41) is 0. The Balaban J connectivity index is 3.13. The SMILES string of the molecule is CCCCCCCCCCC(C)CSC(N)=S. The van der Waals surface area contributed by atoms with Gasteiger partial charge in [-0.2, -0.15) is 0 Å². The van der Waals surface area contributed by atoms with E-state index in [-0.39, 0.29) is 0 Å². The fourth-order valence-corrected chi connectivity index (χ4v) is 2.75. The van der Waals surface area contributed by atoms with E-state index in [0.717, 1.165) is 11.7 Å². The predicted octanol–water partition coefficient (Wildman–Crippen LogP) is 5.13. The standard InChI is InChI=1S/C14H29NS2/c1-3-4-5-6-7-8-9-10-11-13(2)12-17-14(15)16/h13H,3-12H2,1-2H3,(H2,15,16). The van der Waals surface area contributed by atoms with E-state index >= 15 is 0 Å². The first-order chi connectivity index (χ1) is 8.16. The third kappa shape index (κ3) is 14.2. The first-order valence-electron chi connectivity index (χ1n) is 7.09. The number of thioether (sulfide) groups is 1. The molecule has 0 rings (SSSR count). The molecule has 0 aromatic heterocycles. The van der Waals surface area contributed by atoms with Gasteiger partial charge in [0.1, 0.15) is 4.32 Å². The highest BCUT2D eigenvalue weighted by atomic mass is 32.2. The lowest BCUT2D eigenvalue weighted by Gasteiger charge is -2.09. The molecule has 0 aromatic rings. The molecule has 0 radical (unpaired) electrons. The highest BCUT2D eigenvalue weighted by molar-refractivity contribution is 8.22. The molecular formula is C14H29NS2. The van der Waals surface area contributed by atoms with Gasteiger partial charge in [-0.25, -0.2) is 0 Å². The van der Waals surface area contributed by atoms with Crippen LogP contribution in [0.5, 0.6) is 0 Å². The molecule has 102 valence electrons. The summed E-state index contributed by atoms with van der Waals surface area (Å²) in [6.07, 6.45) is 12.5. The van der Waals surface area contributed by atoms with Crippen molar-refractivity contribution in [2.24, 2.45) is 11.7 Å². The van der Waals surface area contributed by atoms with Gasteiger partial charge < -0.3 is 5.73 Å². The fraction of sp³-hybridized carbons (Fsp3) is 0.929. The van der Waals surface area contributed by atoms with Crippen molar-refractivity contribution < 1.29 is 0 Å². The topological polar surface area (TPSA) is 26.0 Å². The summed E-state index contributed by atoms with van der Waals surface area (Å²) < 4.78 is 0.591. The molecule has 0 amide bonds. The Bertz CT molecular complexity index is 183. The molecule has 0 bridgehead atoms. The van der Waals surface area contributed by atoms with Crippen molar-refractivity contribution in [1.29, 1.82) is 0 Å². The van der Waals surface area contributed by atoms with Gasteiger partial charge in [0.05, 0.1) is 0 Å². The molecule has 0 aliphatic carbocycles. The highest BCUT2D eigenvalue weighted by Crippen LogP contribution is 2.16. The molecule has 0 aliphatic rings. The lowest BCUT2D eigenvalue weighted by Crippen LogP contribution is -2.07. The van der Waals surface area contributed by atoms with Crippen LogP contribution < -0.4 is 5.73 Å². The summed E-state index contributed by atoms with van der Waals surface area (Å²) in [4.78, 5) is 0. The normalized spacial score (nSPS) is 12.6. The molecule has 0 fully saturated rings. The first-order valence-corrected chi connectivity index (χ1v) is 8.48. The smallest absolute Gasteiger partial charge is 0.131 e. The number of rotatable bonds is 11. The minimum absolute atomic E-state index is 0.591. The zero-order chi connectivity index (χ0) is 12.9. The van der Waals surface area contributed by atoms with Crippen LogP contribution in [0, 0.1) is 5.92 Å². The maximum Gasteiger partial charge on any atom is 0.131 e. The van der Waals surface area contributed by atoms with E-state index < -0.39 is 0 Å². The maximum atomic E-state index is 5.47. The lowest BCUT2D eigenvalue weighted by atomic mass is 10.0. The van der Waals surface area contributed by atoms with Crippen LogP contribution in [-0.2, 0) is 0 Å². The second kappa shape index (κ2) is 12.7. The van der Waals surface area contributed by atoms with E-state index in [2.05, 4.69) is 13.8 Å². The molecule has 0 aromatic carbocycles. The third-order valence-electron chi connectivity index (χ3n) is 3.06. The Morgan fingerprint density at radius 1 is 1.06 bits per heavy atom. The van der Waals surface area contributed by atoms with Crippen LogP contribution in [0.1, 0.15) is 71.6 Å². The van der Waals surface area contributed by atoms with E-state index in [1.165, 1.54) is 57.8 Å². The minimum Gasteiger partial charge on any atom is -0.385 e. The summed E-state index contributed by atoms with van der Waals surface area (Å²) in [5.74, 6) is 1.84. The van der Waals surface area contributed by atoms with E-state index in [9.17, 15) is 0 Å². The Morgan fingerprint density at radius 2 is 1.59 bits per heavy atom. The van der Waals surface area contributed by atoms with Crippen LogP contribution in [-0.4, -0.2) is 10.1 Å². The summed E-state index contributed by atoms with van der Waals surface area (Å²) >= 11 is 6.49. The van der Waals surface area contributed by atoms with Gasteiger partial charge in [0, 0.05) is 5.75 Å². The second-order valence-corrected chi connectivity index (χ2v) is 6.76. The number of hydrogen-bond acceptors (Lipinski definition) is 2. The van der Waals surface area contributed by atoms with Gasteiger partial charge in [-0.3, -0.25) is 0 Å². The van der Waals surface area contributed by atoms with Gasteiger partial charge in [0.25, 0.3) is 0 Å². The van der Waals surface area contributed by atoms with Crippen LogP contribution in [0.25, 0.3) is 0 Å². The van der Waals surface area contributed by atoms with Gasteiger partial charge >= 0.3 is 0 Å². The van der Waals surface area contributed by atoms with E-state index in [4.69, 9.17) is 18.0 Å². The zero-order valence-electron chi connectivity index (χ0n) is 11.5. The van der Waals surface area contributed by atoms with Gasteiger partial charge in [0.2, 0.25) is 0 Å². The summed E-state index contributed by atoms with van der Waals surface area (Å²) in [6.45, 7) is 4.57. The van der Waals surface area contributed by atoms with Crippen LogP contribution in [0.3, 0.4) is 0 Å². The largest absolute Gasteiger partial charge is 0.385 e. The molecule has 0 aliphatic heterocycles. The Labute approximate surface area is 117 Å². The van der Waals surface area contributed by atoms with E-state index in [1.54, 1.807) is 11.8 Å². The molecule has 17 heavy (non-hydrogen) atoms. The highest BCUT2D eigenvalue weighted by Gasteiger charge is 2.03. The van der Waals surface area contributed by atoms with Crippen molar-refractivity contribution in [1.82, 2.24) is 0 Å². The second-order valence-electron chi connectivity index (χ2n) is 5.00. The molecule has 0 heterocycles. The van der Waals surface area contributed by atoms with Crippen LogP contribution >= 0.6 is 24.0 Å². The van der Waals surface area contributed by atoms with Gasteiger partial charge in [-0.1, -0.05) is 89.2 Å². The van der Waals surface area contributed by atoms with Crippen LogP contribution in [0.2, 0.25) is 0 Å². The Kier molecular flexibility index (Phi) is 12.9. The molecule has 3 heteroatoms. The molecule has 0 saturated heterocycles.